The number of hydrogen-bond acceptors (Lipinski definition) is 2. The smallest absolute Gasteiger partial charge is 0.123 e. The molecule has 19 heavy (non-hydrogen) atoms. The Morgan fingerprint density at radius 2 is 2.11 bits per heavy atom. The Labute approximate surface area is 113 Å². The van der Waals surface area contributed by atoms with Gasteiger partial charge in [-0.2, -0.15) is 5.10 Å². The summed E-state index contributed by atoms with van der Waals surface area (Å²) in [6, 6.07) is 6.85. The summed E-state index contributed by atoms with van der Waals surface area (Å²) in [4.78, 5) is 0. The van der Waals surface area contributed by atoms with E-state index in [-0.39, 0.29) is 5.82 Å². The summed E-state index contributed by atoms with van der Waals surface area (Å²) in [5, 5.41) is 7.40. The summed E-state index contributed by atoms with van der Waals surface area (Å²) in [5.41, 5.74) is 2.27. The molecule has 1 unspecified atom stereocenters. The number of benzene rings is 1. The maximum atomic E-state index is 13.2. The van der Waals surface area contributed by atoms with Crippen molar-refractivity contribution in [3.63, 3.8) is 0 Å². The second-order valence-electron chi connectivity index (χ2n) is 4.98. The molecule has 1 aromatic heterocycles. The van der Waals surface area contributed by atoms with Crippen molar-refractivity contribution in [3.05, 3.63) is 53.6 Å². The van der Waals surface area contributed by atoms with Crippen LogP contribution in [0.4, 0.5) is 4.39 Å². The van der Waals surface area contributed by atoms with E-state index in [4.69, 9.17) is 0 Å². The van der Waals surface area contributed by atoms with Gasteiger partial charge in [-0.25, -0.2) is 4.39 Å². The zero-order valence-corrected chi connectivity index (χ0v) is 11.4. The Morgan fingerprint density at radius 3 is 2.74 bits per heavy atom. The lowest BCUT2D eigenvalue weighted by molar-refractivity contribution is 0.491. The molecule has 1 heterocycles. The second-order valence-corrected chi connectivity index (χ2v) is 4.98. The third-order valence-electron chi connectivity index (χ3n) is 3.19. The molecule has 0 aliphatic heterocycles. The van der Waals surface area contributed by atoms with Crippen LogP contribution in [0, 0.1) is 11.7 Å². The highest BCUT2D eigenvalue weighted by Crippen LogP contribution is 2.15. The van der Waals surface area contributed by atoms with Gasteiger partial charge in [0.25, 0.3) is 0 Å². The zero-order chi connectivity index (χ0) is 13.7. The van der Waals surface area contributed by atoms with Crippen LogP contribution in [0.1, 0.15) is 11.1 Å². The van der Waals surface area contributed by atoms with Crippen LogP contribution in [0.5, 0.6) is 0 Å². The van der Waals surface area contributed by atoms with E-state index >= 15 is 0 Å². The zero-order valence-electron chi connectivity index (χ0n) is 11.4. The molecule has 2 rings (SSSR count). The highest BCUT2D eigenvalue weighted by molar-refractivity contribution is 5.17. The number of halogens is 1. The number of nitrogens with zero attached hydrogens (tertiary/aromatic N) is 2. The normalized spacial score (nSPS) is 12.6. The predicted molar refractivity (Wildman–Crippen MR) is 74.4 cm³/mol. The van der Waals surface area contributed by atoms with Gasteiger partial charge in [-0.15, -0.1) is 0 Å². The van der Waals surface area contributed by atoms with Gasteiger partial charge in [0.05, 0.1) is 6.20 Å². The lowest BCUT2D eigenvalue weighted by atomic mass is 9.93. The van der Waals surface area contributed by atoms with Crippen molar-refractivity contribution in [1.82, 2.24) is 15.1 Å². The van der Waals surface area contributed by atoms with E-state index in [0.717, 1.165) is 24.9 Å². The van der Waals surface area contributed by atoms with Crippen molar-refractivity contribution >= 4 is 0 Å². The average Bonchev–Trinajstić information content (AvgIpc) is 2.75. The molecule has 102 valence electrons. The van der Waals surface area contributed by atoms with E-state index in [1.807, 2.05) is 37.2 Å². The van der Waals surface area contributed by atoms with Crippen molar-refractivity contribution in [3.8, 4) is 0 Å². The Bertz CT molecular complexity index is 522. The molecule has 1 N–H and O–H groups in total. The summed E-state index contributed by atoms with van der Waals surface area (Å²) < 4.78 is 15.0. The standard InChI is InChI=1S/C15H20FN3/c1-17-9-13(7-14-10-18-19(2)11-14)6-12-4-3-5-15(16)8-12/h3-5,8,10-11,13,17H,6-7,9H2,1-2H3. The average molecular weight is 261 g/mol. The van der Waals surface area contributed by atoms with E-state index in [9.17, 15) is 4.39 Å². The molecule has 1 aromatic carbocycles. The third-order valence-corrected chi connectivity index (χ3v) is 3.19. The number of aryl methyl sites for hydroxylation is 1. The predicted octanol–water partition coefficient (Wildman–Crippen LogP) is 2.18. The third kappa shape index (κ3) is 4.17. The maximum absolute atomic E-state index is 13.2. The number of rotatable bonds is 6. The van der Waals surface area contributed by atoms with Gasteiger partial charge in [-0.1, -0.05) is 12.1 Å². The second kappa shape index (κ2) is 6.48. The van der Waals surface area contributed by atoms with Gasteiger partial charge in [-0.3, -0.25) is 4.68 Å². The first-order valence-corrected chi connectivity index (χ1v) is 6.54. The van der Waals surface area contributed by atoms with Crippen LogP contribution in [0.3, 0.4) is 0 Å². The molecule has 4 heteroatoms. The molecular weight excluding hydrogens is 241 g/mol. The Hall–Kier alpha value is -1.68. The Balaban J connectivity index is 2.03. The first-order valence-electron chi connectivity index (χ1n) is 6.54. The van der Waals surface area contributed by atoms with Crippen molar-refractivity contribution in [2.24, 2.45) is 13.0 Å². The lowest BCUT2D eigenvalue weighted by Crippen LogP contribution is -2.22. The lowest BCUT2D eigenvalue weighted by Gasteiger charge is -2.15. The number of hydrogen-bond donors (Lipinski definition) is 1. The summed E-state index contributed by atoms with van der Waals surface area (Å²) in [7, 11) is 3.87. The van der Waals surface area contributed by atoms with Gasteiger partial charge in [0.15, 0.2) is 0 Å². The van der Waals surface area contributed by atoms with E-state index in [1.54, 1.807) is 12.1 Å². The van der Waals surface area contributed by atoms with Crippen LogP contribution < -0.4 is 5.32 Å². The van der Waals surface area contributed by atoms with Crippen molar-refractivity contribution in [1.29, 1.82) is 0 Å². The number of nitrogens with one attached hydrogen (secondary N) is 1. The van der Waals surface area contributed by atoms with E-state index < -0.39 is 0 Å². The monoisotopic (exact) mass is 261 g/mol. The fraction of sp³-hybridized carbons (Fsp3) is 0.400. The topological polar surface area (TPSA) is 29.9 Å². The molecule has 2 aromatic rings. The van der Waals surface area contributed by atoms with Gasteiger partial charge in [-0.05, 0) is 55.6 Å². The molecule has 0 bridgehead atoms. The Kier molecular flexibility index (Phi) is 4.68. The minimum atomic E-state index is -0.165. The first kappa shape index (κ1) is 13.7. The highest BCUT2D eigenvalue weighted by Gasteiger charge is 2.11. The highest BCUT2D eigenvalue weighted by atomic mass is 19.1. The van der Waals surface area contributed by atoms with Crippen molar-refractivity contribution in [2.75, 3.05) is 13.6 Å². The van der Waals surface area contributed by atoms with Gasteiger partial charge in [0.1, 0.15) is 5.82 Å². The van der Waals surface area contributed by atoms with E-state index in [0.29, 0.717) is 5.92 Å². The van der Waals surface area contributed by atoms with Crippen molar-refractivity contribution < 1.29 is 4.39 Å². The minimum absolute atomic E-state index is 0.165. The molecule has 3 nitrogen and oxygen atoms in total. The van der Waals surface area contributed by atoms with Crippen LogP contribution in [0.2, 0.25) is 0 Å². The maximum Gasteiger partial charge on any atom is 0.123 e. The van der Waals surface area contributed by atoms with Crippen LogP contribution in [-0.4, -0.2) is 23.4 Å². The van der Waals surface area contributed by atoms with E-state index in [1.165, 1.54) is 11.6 Å². The summed E-state index contributed by atoms with van der Waals surface area (Å²) in [5.74, 6) is 0.276. The molecule has 0 aliphatic rings. The molecule has 1 atom stereocenters. The van der Waals surface area contributed by atoms with Crippen molar-refractivity contribution in [2.45, 2.75) is 12.8 Å². The Morgan fingerprint density at radius 1 is 1.32 bits per heavy atom. The van der Waals surface area contributed by atoms with Crippen LogP contribution in [0.25, 0.3) is 0 Å². The first-order chi connectivity index (χ1) is 9.17. The molecule has 0 saturated carbocycles. The molecule has 0 radical (unpaired) electrons. The fourth-order valence-electron chi connectivity index (χ4n) is 2.41. The SMILES string of the molecule is CNCC(Cc1cccc(F)c1)Cc1cnn(C)c1. The molecular formula is C15H20FN3. The molecule has 0 saturated heterocycles. The summed E-state index contributed by atoms with van der Waals surface area (Å²) in [6.45, 7) is 0.908. The van der Waals surface area contributed by atoms with Gasteiger partial charge in [0.2, 0.25) is 0 Å². The largest absolute Gasteiger partial charge is 0.319 e. The quantitative estimate of drug-likeness (QED) is 0.863. The molecule has 0 aliphatic carbocycles. The molecule has 0 spiro atoms. The molecule has 0 amide bonds. The van der Waals surface area contributed by atoms with E-state index in [2.05, 4.69) is 10.4 Å². The van der Waals surface area contributed by atoms with Crippen LogP contribution in [0.15, 0.2) is 36.7 Å². The van der Waals surface area contributed by atoms with Crippen LogP contribution >= 0.6 is 0 Å². The van der Waals surface area contributed by atoms with Crippen LogP contribution in [-0.2, 0) is 19.9 Å². The minimum Gasteiger partial charge on any atom is -0.319 e. The summed E-state index contributed by atoms with van der Waals surface area (Å²) >= 11 is 0. The fourth-order valence-corrected chi connectivity index (χ4v) is 2.41. The molecule has 0 fully saturated rings. The summed E-state index contributed by atoms with van der Waals surface area (Å²) in [6.07, 6.45) is 5.75. The van der Waals surface area contributed by atoms with Gasteiger partial charge < -0.3 is 5.32 Å². The van der Waals surface area contributed by atoms with Gasteiger partial charge >= 0.3 is 0 Å². The van der Waals surface area contributed by atoms with Gasteiger partial charge in [0, 0.05) is 13.2 Å². The number of aromatic nitrogens is 2.